The van der Waals surface area contributed by atoms with Crippen molar-refractivity contribution >= 4 is 37.6 Å². The van der Waals surface area contributed by atoms with E-state index in [-0.39, 0.29) is 17.5 Å². The van der Waals surface area contributed by atoms with Gasteiger partial charge in [0, 0.05) is 10.9 Å². The zero-order valence-electron chi connectivity index (χ0n) is 16.6. The second-order valence-electron chi connectivity index (χ2n) is 6.94. The van der Waals surface area contributed by atoms with Gasteiger partial charge in [0.25, 0.3) is 0 Å². The van der Waals surface area contributed by atoms with E-state index in [0.29, 0.717) is 22.0 Å². The van der Waals surface area contributed by atoms with Crippen molar-refractivity contribution in [3.63, 3.8) is 0 Å². The molecule has 0 saturated carbocycles. The largest absolute Gasteiger partial charge is 0.504 e. The summed E-state index contributed by atoms with van der Waals surface area (Å²) in [5.41, 5.74) is 5.79. The molecule has 0 saturated heterocycles. The van der Waals surface area contributed by atoms with Gasteiger partial charge in [-0.15, -0.1) is 0 Å². The maximum absolute atomic E-state index is 9.96. The van der Waals surface area contributed by atoms with Crippen LogP contribution in [0.3, 0.4) is 0 Å². The van der Waals surface area contributed by atoms with Crippen LogP contribution in [-0.4, -0.2) is 22.5 Å². The molecule has 0 fully saturated rings. The highest BCUT2D eigenvalue weighted by Crippen LogP contribution is 2.44. The molecule has 6 nitrogen and oxygen atoms in total. The molecule has 0 aliphatic carbocycles. The molecule has 1 aliphatic heterocycles. The number of nitrogens with one attached hydrogen (secondary N) is 1. The topological polar surface area (TPSA) is 83.3 Å². The predicted octanol–water partition coefficient (Wildman–Crippen LogP) is 6.25. The lowest BCUT2D eigenvalue weighted by Gasteiger charge is -2.15. The van der Waals surface area contributed by atoms with E-state index in [4.69, 9.17) is 9.47 Å². The molecule has 0 amide bonds. The SMILES string of the molecule is CCOc1ccc(Oc2ccc(C3=NNC(c4cc(O)c(O)c(Br)c4Br)C3)cc2)cc1. The number of aromatic hydroxyl groups is 2. The number of phenolic OH excluding ortho intramolecular Hbond substituents is 2. The molecule has 3 aromatic rings. The van der Waals surface area contributed by atoms with Crippen molar-refractivity contribution < 1.29 is 19.7 Å². The molecule has 3 aromatic carbocycles. The molecule has 160 valence electrons. The first-order valence-electron chi connectivity index (χ1n) is 9.69. The highest BCUT2D eigenvalue weighted by atomic mass is 79.9. The normalized spacial score (nSPS) is 15.3. The summed E-state index contributed by atoms with van der Waals surface area (Å²) >= 11 is 6.76. The minimum Gasteiger partial charge on any atom is -0.504 e. The van der Waals surface area contributed by atoms with Crippen LogP contribution in [0.1, 0.15) is 30.5 Å². The first kappa shape index (κ1) is 21.5. The molecule has 0 aromatic heterocycles. The molecule has 0 spiro atoms. The van der Waals surface area contributed by atoms with Crippen LogP contribution in [-0.2, 0) is 0 Å². The molecule has 3 N–H and O–H groups in total. The van der Waals surface area contributed by atoms with E-state index < -0.39 is 0 Å². The van der Waals surface area contributed by atoms with Crippen molar-refractivity contribution in [2.24, 2.45) is 5.10 Å². The first-order chi connectivity index (χ1) is 15.0. The minimum absolute atomic E-state index is 0.132. The van der Waals surface area contributed by atoms with Crippen LogP contribution in [0.15, 0.2) is 68.6 Å². The Morgan fingerprint density at radius 2 is 1.58 bits per heavy atom. The van der Waals surface area contributed by atoms with Gasteiger partial charge in [-0.05, 0) is 105 Å². The van der Waals surface area contributed by atoms with Crippen LogP contribution in [0.2, 0.25) is 0 Å². The smallest absolute Gasteiger partial charge is 0.173 e. The molecule has 0 bridgehead atoms. The average Bonchev–Trinajstić information content (AvgIpc) is 3.27. The Labute approximate surface area is 196 Å². The zero-order chi connectivity index (χ0) is 22.0. The van der Waals surface area contributed by atoms with E-state index in [1.807, 2.05) is 55.5 Å². The molecule has 1 unspecified atom stereocenters. The summed E-state index contributed by atoms with van der Waals surface area (Å²) in [5, 5.41) is 24.3. The Hall–Kier alpha value is -2.71. The Morgan fingerprint density at radius 1 is 0.968 bits per heavy atom. The number of benzene rings is 3. The van der Waals surface area contributed by atoms with Crippen molar-refractivity contribution in [3.8, 4) is 28.7 Å². The van der Waals surface area contributed by atoms with E-state index in [1.165, 1.54) is 6.07 Å². The van der Waals surface area contributed by atoms with Gasteiger partial charge in [0.05, 0.1) is 22.8 Å². The van der Waals surface area contributed by atoms with Crippen molar-refractivity contribution in [1.82, 2.24) is 5.43 Å². The Morgan fingerprint density at radius 3 is 2.23 bits per heavy atom. The van der Waals surface area contributed by atoms with Gasteiger partial charge in [-0.2, -0.15) is 5.10 Å². The summed E-state index contributed by atoms with van der Waals surface area (Å²) in [6.45, 7) is 2.58. The van der Waals surface area contributed by atoms with Gasteiger partial charge in [0.2, 0.25) is 0 Å². The number of nitrogens with zero attached hydrogens (tertiary/aromatic N) is 1. The lowest BCUT2D eigenvalue weighted by molar-refractivity contribution is 0.339. The minimum atomic E-state index is -0.196. The van der Waals surface area contributed by atoms with Gasteiger partial charge in [0.15, 0.2) is 11.5 Å². The van der Waals surface area contributed by atoms with Crippen molar-refractivity contribution in [2.75, 3.05) is 6.61 Å². The van der Waals surface area contributed by atoms with E-state index in [1.54, 1.807) is 0 Å². The summed E-state index contributed by atoms with van der Waals surface area (Å²) < 4.78 is 12.4. The van der Waals surface area contributed by atoms with Crippen LogP contribution in [0.25, 0.3) is 0 Å². The molecular formula is C23H20Br2N2O4. The Kier molecular flexibility index (Phi) is 6.38. The number of rotatable bonds is 6. The van der Waals surface area contributed by atoms with E-state index >= 15 is 0 Å². The average molecular weight is 548 g/mol. The van der Waals surface area contributed by atoms with Crippen LogP contribution in [0.5, 0.6) is 28.7 Å². The second-order valence-corrected chi connectivity index (χ2v) is 8.52. The highest BCUT2D eigenvalue weighted by Gasteiger charge is 2.26. The van der Waals surface area contributed by atoms with Gasteiger partial charge >= 0.3 is 0 Å². The van der Waals surface area contributed by atoms with Crippen LogP contribution >= 0.6 is 31.9 Å². The maximum atomic E-state index is 9.96. The first-order valence-corrected chi connectivity index (χ1v) is 11.3. The third-order valence-corrected chi connectivity index (χ3v) is 7.03. The van der Waals surface area contributed by atoms with E-state index in [0.717, 1.165) is 34.1 Å². The summed E-state index contributed by atoms with van der Waals surface area (Å²) in [7, 11) is 0. The quantitative estimate of drug-likeness (QED) is 0.317. The number of hydrogen-bond acceptors (Lipinski definition) is 6. The Bertz CT molecular complexity index is 1120. The van der Waals surface area contributed by atoms with Gasteiger partial charge in [-0.3, -0.25) is 0 Å². The van der Waals surface area contributed by atoms with Crippen molar-refractivity contribution in [2.45, 2.75) is 19.4 Å². The monoisotopic (exact) mass is 546 g/mol. The third-order valence-electron chi connectivity index (χ3n) is 4.88. The van der Waals surface area contributed by atoms with Crippen LogP contribution < -0.4 is 14.9 Å². The summed E-state index contributed by atoms with van der Waals surface area (Å²) in [4.78, 5) is 0. The molecule has 1 atom stereocenters. The van der Waals surface area contributed by atoms with Crippen molar-refractivity contribution in [1.29, 1.82) is 0 Å². The molecular weight excluding hydrogens is 528 g/mol. The van der Waals surface area contributed by atoms with Crippen LogP contribution in [0.4, 0.5) is 0 Å². The lowest BCUT2D eigenvalue weighted by Crippen LogP contribution is -2.11. The van der Waals surface area contributed by atoms with Crippen molar-refractivity contribution in [3.05, 3.63) is 74.7 Å². The zero-order valence-corrected chi connectivity index (χ0v) is 19.8. The molecule has 1 heterocycles. The standard InChI is InChI=1S/C23H20Br2N2O4/c1-2-30-14-7-9-16(10-8-14)31-15-5-3-13(4-6-15)18-12-19(27-26-18)17-11-20(28)23(29)22(25)21(17)24/h3-11,19,27-29H,2,12H2,1H3. The summed E-state index contributed by atoms with van der Waals surface area (Å²) in [5.74, 6) is 1.89. The number of ether oxygens (including phenoxy) is 2. The Balaban J connectivity index is 1.43. The molecule has 1 aliphatic rings. The summed E-state index contributed by atoms with van der Waals surface area (Å²) in [6, 6.07) is 16.6. The predicted molar refractivity (Wildman–Crippen MR) is 126 cm³/mol. The fourth-order valence-electron chi connectivity index (χ4n) is 3.30. The summed E-state index contributed by atoms with van der Waals surface area (Å²) in [6.07, 6.45) is 0.633. The fourth-order valence-corrected chi connectivity index (χ4v) is 4.31. The van der Waals surface area contributed by atoms with Gasteiger partial charge in [0.1, 0.15) is 17.2 Å². The van der Waals surface area contributed by atoms with Gasteiger partial charge in [-0.1, -0.05) is 0 Å². The van der Waals surface area contributed by atoms with E-state index in [2.05, 4.69) is 42.4 Å². The highest BCUT2D eigenvalue weighted by molar-refractivity contribution is 9.13. The molecule has 0 radical (unpaired) electrons. The van der Waals surface area contributed by atoms with Gasteiger partial charge < -0.3 is 25.1 Å². The lowest BCUT2D eigenvalue weighted by atomic mass is 9.99. The van der Waals surface area contributed by atoms with E-state index in [9.17, 15) is 10.2 Å². The van der Waals surface area contributed by atoms with Gasteiger partial charge in [-0.25, -0.2) is 0 Å². The maximum Gasteiger partial charge on any atom is 0.173 e. The number of hydrogen-bond donors (Lipinski definition) is 3. The third kappa shape index (κ3) is 4.65. The molecule has 8 heteroatoms. The number of phenols is 2. The second kappa shape index (κ2) is 9.20. The molecule has 31 heavy (non-hydrogen) atoms. The number of hydrazone groups is 1. The number of halogens is 2. The molecule has 4 rings (SSSR count). The fraction of sp³-hybridized carbons (Fsp3) is 0.174. The van der Waals surface area contributed by atoms with Crippen LogP contribution in [0, 0.1) is 0 Å².